The lowest BCUT2D eigenvalue weighted by Gasteiger charge is -2.39. The van der Waals surface area contributed by atoms with Crippen LogP contribution in [0.3, 0.4) is 0 Å². The summed E-state index contributed by atoms with van der Waals surface area (Å²) in [6.45, 7) is 11.7. The van der Waals surface area contributed by atoms with Crippen LogP contribution in [0.1, 0.15) is 52.0 Å². The van der Waals surface area contributed by atoms with Crippen LogP contribution in [0.15, 0.2) is 24.3 Å². The number of rotatable bonds is 2. The van der Waals surface area contributed by atoms with Crippen LogP contribution in [0.5, 0.6) is 0 Å². The van der Waals surface area contributed by atoms with Crippen molar-refractivity contribution >= 4 is 5.69 Å². The molecule has 0 spiro atoms. The van der Waals surface area contributed by atoms with Crippen molar-refractivity contribution in [2.75, 3.05) is 31.1 Å². The molecule has 1 saturated heterocycles. The van der Waals surface area contributed by atoms with E-state index < -0.39 is 0 Å². The van der Waals surface area contributed by atoms with Crippen molar-refractivity contribution in [3.8, 4) is 0 Å². The van der Waals surface area contributed by atoms with Gasteiger partial charge in [0.25, 0.3) is 0 Å². The number of hydrogen-bond donors (Lipinski definition) is 0. The summed E-state index contributed by atoms with van der Waals surface area (Å²) in [5.74, 6) is 0. The van der Waals surface area contributed by atoms with Gasteiger partial charge in [0, 0.05) is 37.9 Å². The first-order valence-electron chi connectivity index (χ1n) is 8.63. The van der Waals surface area contributed by atoms with E-state index in [9.17, 15) is 0 Å². The Balaban J connectivity index is 1.59. The molecular formula is C19H30N2. The summed E-state index contributed by atoms with van der Waals surface area (Å²) < 4.78 is 0. The standard InChI is InChI=1S/C19H30N2/c1-19(2,3)16-8-10-18(11-9-16)21-14-12-20(13-15-21)17-6-4-5-7-17/h8-11,17H,4-7,12-15H2,1-3H3. The second-order valence-electron chi connectivity index (χ2n) is 7.76. The molecule has 0 aromatic heterocycles. The van der Waals surface area contributed by atoms with Gasteiger partial charge in [-0.1, -0.05) is 45.7 Å². The minimum atomic E-state index is 0.250. The van der Waals surface area contributed by atoms with Crippen LogP contribution in [0, 0.1) is 0 Å². The minimum absolute atomic E-state index is 0.250. The van der Waals surface area contributed by atoms with E-state index in [0.29, 0.717) is 0 Å². The Morgan fingerprint density at radius 1 is 0.857 bits per heavy atom. The highest BCUT2D eigenvalue weighted by Crippen LogP contribution is 2.27. The van der Waals surface area contributed by atoms with Gasteiger partial charge in [-0.25, -0.2) is 0 Å². The molecule has 0 amide bonds. The van der Waals surface area contributed by atoms with Crippen LogP contribution >= 0.6 is 0 Å². The topological polar surface area (TPSA) is 6.48 Å². The molecule has 116 valence electrons. The van der Waals surface area contributed by atoms with Crippen molar-refractivity contribution in [1.29, 1.82) is 0 Å². The molecule has 1 heterocycles. The van der Waals surface area contributed by atoms with Crippen LogP contribution in [-0.2, 0) is 5.41 Å². The van der Waals surface area contributed by atoms with Gasteiger partial charge in [-0.05, 0) is 36.0 Å². The van der Waals surface area contributed by atoms with Crippen LogP contribution in [0.2, 0.25) is 0 Å². The highest BCUT2D eigenvalue weighted by molar-refractivity contribution is 5.49. The minimum Gasteiger partial charge on any atom is -0.369 e. The molecular weight excluding hydrogens is 256 g/mol. The number of benzene rings is 1. The summed E-state index contributed by atoms with van der Waals surface area (Å²) in [5.41, 5.74) is 3.07. The first kappa shape index (κ1) is 14.9. The van der Waals surface area contributed by atoms with Crippen LogP contribution in [0.4, 0.5) is 5.69 Å². The zero-order valence-corrected chi connectivity index (χ0v) is 13.9. The molecule has 1 aromatic carbocycles. The fourth-order valence-electron chi connectivity index (χ4n) is 3.79. The Kier molecular flexibility index (Phi) is 4.26. The lowest BCUT2D eigenvalue weighted by Crippen LogP contribution is -2.49. The van der Waals surface area contributed by atoms with Gasteiger partial charge in [0.05, 0.1) is 0 Å². The summed E-state index contributed by atoms with van der Waals surface area (Å²) in [6.07, 6.45) is 5.75. The first-order chi connectivity index (χ1) is 10.0. The summed E-state index contributed by atoms with van der Waals surface area (Å²) in [5, 5.41) is 0. The van der Waals surface area contributed by atoms with Gasteiger partial charge in [-0.2, -0.15) is 0 Å². The Labute approximate surface area is 130 Å². The molecule has 3 rings (SSSR count). The van der Waals surface area contributed by atoms with Crippen molar-refractivity contribution in [3.05, 3.63) is 29.8 Å². The van der Waals surface area contributed by atoms with E-state index in [4.69, 9.17) is 0 Å². The van der Waals surface area contributed by atoms with E-state index >= 15 is 0 Å². The van der Waals surface area contributed by atoms with Crippen molar-refractivity contribution in [3.63, 3.8) is 0 Å². The molecule has 0 unspecified atom stereocenters. The lowest BCUT2D eigenvalue weighted by molar-refractivity contribution is 0.187. The third-order valence-corrected chi connectivity index (χ3v) is 5.25. The number of anilines is 1. The summed E-state index contributed by atoms with van der Waals surface area (Å²) in [7, 11) is 0. The Morgan fingerprint density at radius 3 is 1.95 bits per heavy atom. The van der Waals surface area contributed by atoms with Crippen molar-refractivity contribution in [1.82, 2.24) is 4.90 Å². The van der Waals surface area contributed by atoms with Crippen LogP contribution in [-0.4, -0.2) is 37.1 Å². The molecule has 0 radical (unpaired) electrons. The van der Waals surface area contributed by atoms with Crippen molar-refractivity contribution < 1.29 is 0 Å². The summed E-state index contributed by atoms with van der Waals surface area (Å²) in [6, 6.07) is 10.1. The highest BCUT2D eigenvalue weighted by Gasteiger charge is 2.26. The van der Waals surface area contributed by atoms with Gasteiger partial charge in [0.2, 0.25) is 0 Å². The van der Waals surface area contributed by atoms with Gasteiger partial charge in [0.1, 0.15) is 0 Å². The van der Waals surface area contributed by atoms with E-state index in [1.165, 1.54) is 63.1 Å². The predicted molar refractivity (Wildman–Crippen MR) is 91.2 cm³/mol. The van der Waals surface area contributed by atoms with Crippen molar-refractivity contribution in [2.45, 2.75) is 57.9 Å². The molecule has 1 aromatic rings. The molecule has 0 N–H and O–H groups in total. The van der Waals surface area contributed by atoms with E-state index in [1.54, 1.807) is 0 Å². The van der Waals surface area contributed by atoms with Gasteiger partial charge in [-0.3, -0.25) is 4.90 Å². The fourth-order valence-corrected chi connectivity index (χ4v) is 3.79. The SMILES string of the molecule is CC(C)(C)c1ccc(N2CCN(C3CCCC3)CC2)cc1. The molecule has 1 aliphatic carbocycles. The third-order valence-electron chi connectivity index (χ3n) is 5.25. The molecule has 2 nitrogen and oxygen atoms in total. The quantitative estimate of drug-likeness (QED) is 0.809. The van der Waals surface area contributed by atoms with E-state index in [1.807, 2.05) is 0 Å². The number of piperazine rings is 1. The molecule has 2 fully saturated rings. The molecule has 21 heavy (non-hydrogen) atoms. The second-order valence-corrected chi connectivity index (χ2v) is 7.76. The summed E-state index contributed by atoms with van der Waals surface area (Å²) >= 11 is 0. The summed E-state index contributed by atoms with van der Waals surface area (Å²) in [4.78, 5) is 5.28. The number of hydrogen-bond acceptors (Lipinski definition) is 2. The maximum Gasteiger partial charge on any atom is 0.0367 e. The average Bonchev–Trinajstić information content (AvgIpc) is 3.01. The monoisotopic (exact) mass is 286 g/mol. The molecule has 2 aliphatic rings. The van der Waals surface area contributed by atoms with Crippen LogP contribution in [0.25, 0.3) is 0 Å². The Morgan fingerprint density at radius 2 is 1.43 bits per heavy atom. The zero-order valence-electron chi connectivity index (χ0n) is 13.9. The third kappa shape index (κ3) is 3.42. The van der Waals surface area contributed by atoms with Crippen molar-refractivity contribution in [2.24, 2.45) is 0 Å². The molecule has 0 atom stereocenters. The number of nitrogens with zero attached hydrogens (tertiary/aromatic N) is 2. The second kappa shape index (κ2) is 6.00. The predicted octanol–water partition coefficient (Wildman–Crippen LogP) is 4.05. The highest BCUT2D eigenvalue weighted by atomic mass is 15.3. The average molecular weight is 286 g/mol. The molecule has 0 bridgehead atoms. The largest absolute Gasteiger partial charge is 0.369 e. The smallest absolute Gasteiger partial charge is 0.0367 e. The van der Waals surface area contributed by atoms with E-state index in [-0.39, 0.29) is 5.41 Å². The molecule has 2 heteroatoms. The normalized spacial score (nSPS) is 22.0. The van der Waals surface area contributed by atoms with E-state index in [0.717, 1.165) is 6.04 Å². The first-order valence-corrected chi connectivity index (χ1v) is 8.63. The van der Waals surface area contributed by atoms with Gasteiger partial charge >= 0.3 is 0 Å². The Bertz CT molecular complexity index is 443. The van der Waals surface area contributed by atoms with E-state index in [2.05, 4.69) is 54.8 Å². The zero-order chi connectivity index (χ0) is 14.9. The maximum absolute atomic E-state index is 2.73. The fraction of sp³-hybridized carbons (Fsp3) is 0.684. The van der Waals surface area contributed by atoms with Crippen LogP contribution < -0.4 is 4.90 Å². The Hall–Kier alpha value is -1.02. The van der Waals surface area contributed by atoms with Gasteiger partial charge < -0.3 is 4.90 Å². The molecule has 1 aliphatic heterocycles. The molecule has 1 saturated carbocycles. The maximum atomic E-state index is 2.73. The van der Waals surface area contributed by atoms with Gasteiger partial charge in [0.15, 0.2) is 0 Å². The lowest BCUT2D eigenvalue weighted by atomic mass is 9.87. The van der Waals surface area contributed by atoms with Gasteiger partial charge in [-0.15, -0.1) is 0 Å².